The zero-order valence-electron chi connectivity index (χ0n) is 7.53. The van der Waals surface area contributed by atoms with Crippen molar-refractivity contribution in [2.75, 3.05) is 0 Å². The van der Waals surface area contributed by atoms with Gasteiger partial charge in [-0.2, -0.15) is 0 Å². The van der Waals surface area contributed by atoms with E-state index in [1.165, 1.54) is 6.20 Å². The molecule has 0 saturated carbocycles. The van der Waals surface area contributed by atoms with E-state index in [1.54, 1.807) is 0 Å². The van der Waals surface area contributed by atoms with Crippen molar-refractivity contribution in [2.45, 2.75) is 32.2 Å². The van der Waals surface area contributed by atoms with Crippen molar-refractivity contribution < 1.29 is 9.90 Å². The first kappa shape index (κ1) is 8.29. The predicted octanol–water partition coefficient (Wildman–Crippen LogP) is 1.48. The van der Waals surface area contributed by atoms with E-state index in [1.807, 2.05) is 11.5 Å². The molecular weight excluding hydrogens is 168 g/mol. The highest BCUT2D eigenvalue weighted by molar-refractivity contribution is 5.85. The monoisotopic (exact) mass is 180 g/mol. The van der Waals surface area contributed by atoms with E-state index in [2.05, 4.69) is 4.98 Å². The number of nitrogens with zero attached hydrogens (tertiary/aromatic N) is 2. The first-order valence-corrected chi connectivity index (χ1v) is 4.49. The van der Waals surface area contributed by atoms with E-state index >= 15 is 0 Å². The number of fused-ring (bicyclic) bond motifs is 1. The number of carboxylic acids is 1. The van der Waals surface area contributed by atoms with Gasteiger partial charge in [0, 0.05) is 12.5 Å². The Labute approximate surface area is 76.2 Å². The van der Waals surface area contributed by atoms with Crippen LogP contribution in [0.25, 0.3) is 0 Å². The zero-order chi connectivity index (χ0) is 9.42. The van der Waals surface area contributed by atoms with Gasteiger partial charge in [-0.05, 0) is 19.8 Å². The summed E-state index contributed by atoms with van der Waals surface area (Å²) in [7, 11) is 0. The Morgan fingerprint density at radius 3 is 3.23 bits per heavy atom. The van der Waals surface area contributed by atoms with Gasteiger partial charge in [-0.15, -0.1) is 0 Å². The number of carbonyl (C=O) groups is 1. The molecule has 1 aromatic rings. The molecule has 0 aliphatic carbocycles. The summed E-state index contributed by atoms with van der Waals surface area (Å²) in [5, 5.41) is 8.89. The van der Waals surface area contributed by atoms with Gasteiger partial charge in [-0.3, -0.25) is 0 Å². The molecule has 13 heavy (non-hydrogen) atoms. The summed E-state index contributed by atoms with van der Waals surface area (Å²) < 4.78 is 1.84. The minimum Gasteiger partial charge on any atom is -0.477 e. The fourth-order valence-electron chi connectivity index (χ4n) is 1.92. The minimum atomic E-state index is -0.882. The quantitative estimate of drug-likeness (QED) is 0.712. The first-order valence-electron chi connectivity index (χ1n) is 4.49. The number of rotatable bonds is 1. The van der Waals surface area contributed by atoms with Gasteiger partial charge in [0.15, 0.2) is 0 Å². The molecule has 0 unspecified atom stereocenters. The van der Waals surface area contributed by atoms with Crippen molar-refractivity contribution in [1.82, 2.24) is 9.55 Å². The van der Waals surface area contributed by atoms with E-state index in [0.29, 0.717) is 5.69 Å². The molecule has 1 atom stereocenters. The van der Waals surface area contributed by atoms with Crippen molar-refractivity contribution in [3.8, 4) is 0 Å². The van der Waals surface area contributed by atoms with Gasteiger partial charge >= 0.3 is 5.97 Å². The molecule has 0 amide bonds. The molecular formula is C9H12N2O2. The van der Waals surface area contributed by atoms with Crippen molar-refractivity contribution in [1.29, 1.82) is 0 Å². The van der Waals surface area contributed by atoms with Crippen LogP contribution < -0.4 is 0 Å². The van der Waals surface area contributed by atoms with Crippen LogP contribution in [0.1, 0.15) is 42.1 Å². The van der Waals surface area contributed by atoms with Crippen LogP contribution in [0.3, 0.4) is 0 Å². The van der Waals surface area contributed by atoms with Crippen LogP contribution in [-0.2, 0) is 6.42 Å². The van der Waals surface area contributed by atoms with E-state index in [4.69, 9.17) is 5.11 Å². The Morgan fingerprint density at radius 2 is 2.54 bits per heavy atom. The highest BCUT2D eigenvalue weighted by Gasteiger charge is 2.22. The van der Waals surface area contributed by atoms with E-state index in [9.17, 15) is 4.79 Å². The molecule has 1 aliphatic rings. The van der Waals surface area contributed by atoms with Crippen molar-refractivity contribution in [3.05, 3.63) is 17.7 Å². The molecule has 0 spiro atoms. The van der Waals surface area contributed by atoms with Crippen LogP contribution in [0.4, 0.5) is 0 Å². The first-order chi connectivity index (χ1) is 6.20. The maximum absolute atomic E-state index is 10.8. The Balaban J connectivity index is 2.50. The fraction of sp³-hybridized carbons (Fsp3) is 0.556. The number of hydrogen-bond donors (Lipinski definition) is 1. The molecule has 1 aliphatic heterocycles. The van der Waals surface area contributed by atoms with Crippen LogP contribution in [0.15, 0.2) is 6.20 Å². The van der Waals surface area contributed by atoms with Gasteiger partial charge in [0.05, 0.1) is 6.20 Å². The molecule has 2 rings (SSSR count). The number of hydrogen-bond acceptors (Lipinski definition) is 2. The second-order valence-corrected chi connectivity index (χ2v) is 3.48. The Kier molecular flexibility index (Phi) is 1.83. The van der Waals surface area contributed by atoms with E-state index in [-0.39, 0.29) is 6.04 Å². The topological polar surface area (TPSA) is 55.1 Å². The maximum Gasteiger partial charge on any atom is 0.354 e. The Bertz CT molecular complexity index is 343. The lowest BCUT2D eigenvalue weighted by molar-refractivity contribution is 0.0681. The van der Waals surface area contributed by atoms with Crippen LogP contribution >= 0.6 is 0 Å². The van der Waals surface area contributed by atoms with Crippen molar-refractivity contribution in [3.63, 3.8) is 0 Å². The third kappa shape index (κ3) is 1.22. The van der Waals surface area contributed by atoms with Crippen LogP contribution in [0.5, 0.6) is 0 Å². The molecule has 0 bridgehead atoms. The minimum absolute atomic E-state index is 0.275. The summed E-state index contributed by atoms with van der Waals surface area (Å²) in [6, 6.07) is 0.275. The number of carboxylic acid groups (broad SMARTS) is 1. The Morgan fingerprint density at radius 1 is 1.77 bits per heavy atom. The average molecular weight is 180 g/mol. The van der Waals surface area contributed by atoms with Crippen molar-refractivity contribution in [2.24, 2.45) is 0 Å². The van der Waals surface area contributed by atoms with Gasteiger partial charge in [-0.25, -0.2) is 9.78 Å². The third-order valence-electron chi connectivity index (χ3n) is 2.56. The highest BCUT2D eigenvalue weighted by atomic mass is 16.4. The second-order valence-electron chi connectivity index (χ2n) is 3.48. The lowest BCUT2D eigenvalue weighted by Gasteiger charge is -2.22. The lowest BCUT2D eigenvalue weighted by atomic mass is 10.1. The van der Waals surface area contributed by atoms with Crippen LogP contribution in [0.2, 0.25) is 0 Å². The summed E-state index contributed by atoms with van der Waals surface area (Å²) in [4.78, 5) is 14.9. The average Bonchev–Trinajstić information content (AvgIpc) is 2.49. The maximum atomic E-state index is 10.8. The smallest absolute Gasteiger partial charge is 0.354 e. The molecule has 1 aromatic heterocycles. The molecule has 0 saturated heterocycles. The molecule has 0 fully saturated rings. The molecule has 2 heterocycles. The van der Waals surface area contributed by atoms with E-state index in [0.717, 1.165) is 25.1 Å². The predicted molar refractivity (Wildman–Crippen MR) is 46.8 cm³/mol. The standard InChI is InChI=1S/C9H12N2O2/c1-6-3-2-4-8-10-5-7(9(12)13)11(6)8/h5-6H,2-4H2,1H3,(H,12,13)/t6-/m1/s1. The number of imidazole rings is 1. The van der Waals surface area contributed by atoms with Crippen LogP contribution in [0, 0.1) is 0 Å². The molecule has 4 heteroatoms. The summed E-state index contributed by atoms with van der Waals surface area (Å²) in [5.74, 6) is 0.0312. The largest absolute Gasteiger partial charge is 0.477 e. The number of aromatic nitrogens is 2. The van der Waals surface area contributed by atoms with Crippen LogP contribution in [-0.4, -0.2) is 20.6 Å². The SMILES string of the molecule is C[C@@H]1CCCc2ncc(C(=O)O)n21. The molecule has 1 N–H and O–H groups in total. The summed E-state index contributed by atoms with van der Waals surface area (Å²) in [6.45, 7) is 2.04. The second kappa shape index (κ2) is 2.87. The summed E-state index contributed by atoms with van der Waals surface area (Å²) in [5.41, 5.74) is 0.321. The van der Waals surface area contributed by atoms with Gasteiger partial charge in [0.2, 0.25) is 0 Å². The number of aryl methyl sites for hydroxylation is 1. The number of aromatic carboxylic acids is 1. The fourth-order valence-corrected chi connectivity index (χ4v) is 1.92. The molecule has 0 radical (unpaired) electrons. The highest BCUT2D eigenvalue weighted by Crippen LogP contribution is 2.25. The van der Waals surface area contributed by atoms with Gasteiger partial charge in [0.1, 0.15) is 11.5 Å². The third-order valence-corrected chi connectivity index (χ3v) is 2.56. The van der Waals surface area contributed by atoms with Gasteiger partial charge < -0.3 is 9.67 Å². The van der Waals surface area contributed by atoms with Gasteiger partial charge in [-0.1, -0.05) is 0 Å². The van der Waals surface area contributed by atoms with E-state index < -0.39 is 5.97 Å². The Hall–Kier alpha value is -1.32. The summed E-state index contributed by atoms with van der Waals surface area (Å²) >= 11 is 0. The summed E-state index contributed by atoms with van der Waals surface area (Å²) in [6.07, 6.45) is 4.51. The van der Waals surface area contributed by atoms with Crippen molar-refractivity contribution >= 4 is 5.97 Å². The molecule has 70 valence electrons. The molecule has 0 aromatic carbocycles. The lowest BCUT2D eigenvalue weighted by Crippen LogP contribution is -2.19. The van der Waals surface area contributed by atoms with Gasteiger partial charge in [0.25, 0.3) is 0 Å². The molecule has 4 nitrogen and oxygen atoms in total. The zero-order valence-corrected chi connectivity index (χ0v) is 7.53. The normalized spacial score (nSPS) is 21.2.